The molecule has 3 aliphatic heterocycles. The van der Waals surface area contributed by atoms with Gasteiger partial charge in [-0.15, -0.1) is 0 Å². The number of hydrogen-bond acceptors (Lipinski definition) is 5. The summed E-state index contributed by atoms with van der Waals surface area (Å²) in [6, 6.07) is 0.805. The van der Waals surface area contributed by atoms with Crippen molar-refractivity contribution in [1.82, 2.24) is 9.80 Å². The van der Waals surface area contributed by atoms with Crippen molar-refractivity contribution in [3.8, 4) is 0 Å². The molecule has 0 bridgehead atoms. The van der Waals surface area contributed by atoms with E-state index in [4.69, 9.17) is 9.47 Å². The summed E-state index contributed by atoms with van der Waals surface area (Å²) in [5.41, 5.74) is 1.35. The number of esters is 1. The molecule has 0 spiro atoms. The molecule has 5 nitrogen and oxygen atoms in total. The van der Waals surface area contributed by atoms with E-state index in [1.807, 2.05) is 0 Å². The van der Waals surface area contributed by atoms with Gasteiger partial charge < -0.3 is 9.47 Å². The van der Waals surface area contributed by atoms with Crippen molar-refractivity contribution in [2.24, 2.45) is 11.8 Å². The molecule has 2 aliphatic carbocycles. The number of nitrogens with zero attached hydrogens (tertiary/aromatic N) is 2. The highest BCUT2D eigenvalue weighted by molar-refractivity contribution is 5.75. The summed E-state index contributed by atoms with van der Waals surface area (Å²) in [6.07, 6.45) is 13.6. The largest absolute Gasteiger partial charge is 0.459 e. The fourth-order valence-corrected chi connectivity index (χ4v) is 6.58. The first-order chi connectivity index (χ1) is 14.5. The normalized spacial score (nSPS) is 43.3. The van der Waals surface area contributed by atoms with Crippen LogP contribution in [0.5, 0.6) is 0 Å². The number of hydrogen-bond donors (Lipinski definition) is 0. The molecule has 3 saturated heterocycles. The first-order valence-electron chi connectivity index (χ1n) is 12.5. The van der Waals surface area contributed by atoms with E-state index in [0.29, 0.717) is 5.92 Å². The third-order valence-corrected chi connectivity index (χ3v) is 8.69. The zero-order valence-electron chi connectivity index (χ0n) is 19.0. The van der Waals surface area contributed by atoms with Gasteiger partial charge in [0.2, 0.25) is 0 Å². The predicted octanol–water partition coefficient (Wildman–Crippen LogP) is 3.77. The standard InChI is InChI=1S/C25H40N2O3/c1-18-7-6-12-25(2)23(30-25)22-20(11-10-18)21(24(28)29-22)17-26-13-15-27(16-14-26)19-8-4-3-5-9-19/h7,19-23H,3-6,8-17H2,1-2H3/b18-7+/t20-,21-,22-,23-,25+/m0/s1. The monoisotopic (exact) mass is 416 g/mol. The maximum atomic E-state index is 12.9. The Labute approximate surface area is 182 Å². The zero-order valence-corrected chi connectivity index (χ0v) is 19.0. The highest BCUT2D eigenvalue weighted by Crippen LogP contribution is 2.50. The van der Waals surface area contributed by atoms with Crippen LogP contribution in [0.4, 0.5) is 0 Å². The van der Waals surface area contributed by atoms with Crippen LogP contribution in [-0.2, 0) is 14.3 Å². The molecule has 1 saturated carbocycles. The van der Waals surface area contributed by atoms with Crippen molar-refractivity contribution in [2.75, 3.05) is 32.7 Å². The lowest BCUT2D eigenvalue weighted by Crippen LogP contribution is -2.52. The highest BCUT2D eigenvalue weighted by atomic mass is 16.6. The molecular formula is C25H40N2O3. The number of piperazine rings is 1. The van der Waals surface area contributed by atoms with E-state index in [1.54, 1.807) is 0 Å². The third-order valence-electron chi connectivity index (χ3n) is 8.69. The number of ether oxygens (including phenoxy) is 2. The number of rotatable bonds is 3. The van der Waals surface area contributed by atoms with Crippen LogP contribution < -0.4 is 0 Å². The molecule has 0 aromatic carbocycles. The average Bonchev–Trinajstić information content (AvgIpc) is 3.33. The van der Waals surface area contributed by atoms with E-state index >= 15 is 0 Å². The molecule has 5 aliphatic rings. The van der Waals surface area contributed by atoms with Gasteiger partial charge in [0.15, 0.2) is 0 Å². The Morgan fingerprint density at radius 3 is 2.63 bits per heavy atom. The molecule has 0 unspecified atom stereocenters. The Kier molecular flexibility index (Phi) is 5.98. The molecule has 30 heavy (non-hydrogen) atoms. The third kappa shape index (κ3) is 4.22. The summed E-state index contributed by atoms with van der Waals surface area (Å²) in [5.74, 6) is 0.331. The molecule has 0 amide bonds. The molecule has 0 aromatic rings. The summed E-state index contributed by atoms with van der Waals surface area (Å²) in [4.78, 5) is 18.2. The molecule has 0 aromatic heterocycles. The topological polar surface area (TPSA) is 45.3 Å². The van der Waals surface area contributed by atoms with Gasteiger partial charge in [-0.25, -0.2) is 0 Å². The van der Waals surface area contributed by atoms with Crippen LogP contribution in [0.1, 0.15) is 71.6 Å². The van der Waals surface area contributed by atoms with Gasteiger partial charge in [0.1, 0.15) is 12.2 Å². The van der Waals surface area contributed by atoms with Crippen LogP contribution in [-0.4, -0.2) is 72.3 Å². The average molecular weight is 417 g/mol. The Bertz CT molecular complexity index is 665. The summed E-state index contributed by atoms with van der Waals surface area (Å²) in [5, 5.41) is 0. The smallest absolute Gasteiger partial charge is 0.311 e. The maximum absolute atomic E-state index is 12.9. The molecular weight excluding hydrogens is 376 g/mol. The molecule has 5 heteroatoms. The van der Waals surface area contributed by atoms with E-state index in [1.165, 1.54) is 37.7 Å². The van der Waals surface area contributed by atoms with Gasteiger partial charge in [-0.3, -0.25) is 14.6 Å². The maximum Gasteiger partial charge on any atom is 0.311 e. The number of fused-ring (bicyclic) bond motifs is 3. The second-order valence-corrected chi connectivity index (χ2v) is 10.8. The Balaban J connectivity index is 1.22. The second-order valence-electron chi connectivity index (χ2n) is 10.8. The number of epoxide rings is 1. The van der Waals surface area contributed by atoms with E-state index in [-0.39, 0.29) is 29.7 Å². The van der Waals surface area contributed by atoms with E-state index in [9.17, 15) is 4.79 Å². The van der Waals surface area contributed by atoms with Crippen LogP contribution in [0.15, 0.2) is 11.6 Å². The van der Waals surface area contributed by atoms with Crippen molar-refractivity contribution >= 4 is 5.97 Å². The van der Waals surface area contributed by atoms with E-state index in [2.05, 4.69) is 29.7 Å². The summed E-state index contributed by atoms with van der Waals surface area (Å²) < 4.78 is 12.1. The lowest BCUT2D eigenvalue weighted by molar-refractivity contribution is -0.145. The van der Waals surface area contributed by atoms with Gasteiger partial charge in [-0.05, 0) is 52.4 Å². The minimum absolute atomic E-state index is 0.0110. The fraction of sp³-hybridized carbons (Fsp3) is 0.880. The molecule has 4 fully saturated rings. The van der Waals surface area contributed by atoms with Gasteiger partial charge in [0, 0.05) is 44.7 Å². The molecule has 5 atom stereocenters. The Morgan fingerprint density at radius 1 is 1.10 bits per heavy atom. The van der Waals surface area contributed by atoms with Gasteiger partial charge in [-0.2, -0.15) is 0 Å². The van der Waals surface area contributed by atoms with Crippen molar-refractivity contribution in [2.45, 2.75) is 95.5 Å². The molecule has 5 rings (SSSR count). The first kappa shape index (κ1) is 21.0. The highest BCUT2D eigenvalue weighted by Gasteiger charge is 2.62. The lowest BCUT2D eigenvalue weighted by Gasteiger charge is -2.41. The van der Waals surface area contributed by atoms with Crippen molar-refractivity contribution < 1.29 is 14.3 Å². The Hall–Kier alpha value is -0.910. The van der Waals surface area contributed by atoms with Gasteiger partial charge >= 0.3 is 5.97 Å². The minimum Gasteiger partial charge on any atom is -0.459 e. The van der Waals surface area contributed by atoms with Crippen LogP contribution in [0.3, 0.4) is 0 Å². The first-order valence-corrected chi connectivity index (χ1v) is 12.5. The summed E-state index contributed by atoms with van der Waals surface area (Å²) >= 11 is 0. The Morgan fingerprint density at radius 2 is 1.87 bits per heavy atom. The van der Waals surface area contributed by atoms with Crippen LogP contribution in [0, 0.1) is 11.8 Å². The molecule has 0 N–H and O–H groups in total. The number of carbonyl (C=O) groups is 1. The fourth-order valence-electron chi connectivity index (χ4n) is 6.58. The minimum atomic E-state index is -0.0994. The molecule has 3 heterocycles. The lowest BCUT2D eigenvalue weighted by atomic mass is 9.80. The zero-order chi connectivity index (χ0) is 20.7. The summed E-state index contributed by atoms with van der Waals surface area (Å²) in [6.45, 7) is 9.80. The number of carbonyl (C=O) groups excluding carboxylic acids is 1. The molecule has 168 valence electrons. The van der Waals surface area contributed by atoms with Crippen molar-refractivity contribution in [3.05, 3.63) is 11.6 Å². The molecule has 0 radical (unpaired) electrons. The van der Waals surface area contributed by atoms with Crippen molar-refractivity contribution in [3.63, 3.8) is 0 Å². The summed E-state index contributed by atoms with van der Waals surface area (Å²) in [7, 11) is 0. The van der Waals surface area contributed by atoms with E-state index in [0.717, 1.165) is 64.4 Å². The van der Waals surface area contributed by atoms with Crippen molar-refractivity contribution in [1.29, 1.82) is 0 Å². The SMILES string of the molecule is C/C1=C\CC[C@@]2(C)O[C@H]2[C@H]2OC(=O)[C@@H](CN3CCN(C4CCCCC4)CC3)[C@@H]2CC1. The number of allylic oxidation sites excluding steroid dienone is 2. The van der Waals surface area contributed by atoms with Crippen LogP contribution in [0.25, 0.3) is 0 Å². The van der Waals surface area contributed by atoms with Crippen LogP contribution in [0.2, 0.25) is 0 Å². The van der Waals surface area contributed by atoms with Gasteiger partial charge in [0.05, 0.1) is 11.5 Å². The van der Waals surface area contributed by atoms with Crippen LogP contribution >= 0.6 is 0 Å². The van der Waals surface area contributed by atoms with Gasteiger partial charge in [0.25, 0.3) is 0 Å². The second kappa shape index (κ2) is 8.55. The predicted molar refractivity (Wildman–Crippen MR) is 117 cm³/mol. The van der Waals surface area contributed by atoms with E-state index < -0.39 is 0 Å². The quantitative estimate of drug-likeness (QED) is 0.398. The van der Waals surface area contributed by atoms with Gasteiger partial charge in [-0.1, -0.05) is 30.9 Å².